The molecule has 0 spiro atoms. The van der Waals surface area contributed by atoms with Gasteiger partial charge in [0, 0.05) is 25.0 Å². The summed E-state index contributed by atoms with van der Waals surface area (Å²) in [5.41, 5.74) is -1.71. The summed E-state index contributed by atoms with van der Waals surface area (Å²) in [6.07, 6.45) is -6.54. The van der Waals surface area contributed by atoms with Crippen LogP contribution in [0.5, 0.6) is 0 Å². The Labute approximate surface area is 145 Å². The van der Waals surface area contributed by atoms with E-state index in [0.717, 1.165) is 6.07 Å². The van der Waals surface area contributed by atoms with Crippen molar-refractivity contribution in [3.05, 3.63) is 17.7 Å². The summed E-state index contributed by atoms with van der Waals surface area (Å²) in [6, 6.07) is 1.71. The first kappa shape index (κ1) is 18.5. The van der Waals surface area contributed by atoms with Gasteiger partial charge in [0.2, 0.25) is 5.82 Å². The molecule has 0 unspecified atom stereocenters. The topological polar surface area (TPSA) is 132 Å². The normalized spacial score (nSPS) is 21.4. The molecule has 1 saturated heterocycles. The first-order chi connectivity index (χ1) is 12.0. The second-order valence-electron chi connectivity index (χ2n) is 5.88. The molecule has 1 aliphatic rings. The Morgan fingerprint density at radius 3 is 2.31 bits per heavy atom. The van der Waals surface area contributed by atoms with Gasteiger partial charge in [-0.15, -0.1) is 10.2 Å². The molecule has 13 heteroatoms. The minimum Gasteiger partial charge on any atom is -0.389 e. The van der Waals surface area contributed by atoms with Crippen LogP contribution in [0.4, 0.5) is 18.9 Å². The van der Waals surface area contributed by atoms with Crippen LogP contribution in [0, 0.1) is 0 Å². The zero-order valence-corrected chi connectivity index (χ0v) is 14.1. The van der Waals surface area contributed by atoms with Gasteiger partial charge in [0.05, 0.1) is 28.2 Å². The summed E-state index contributed by atoms with van der Waals surface area (Å²) >= 11 is 0. The van der Waals surface area contributed by atoms with E-state index in [4.69, 9.17) is 0 Å². The molecular weight excluding hydrogens is 379 g/mol. The Bertz CT molecular complexity index is 907. The number of hydrogen-bond donors (Lipinski definition) is 3. The average molecular weight is 393 g/mol. The smallest absolute Gasteiger partial charge is 0.389 e. The van der Waals surface area contributed by atoms with E-state index >= 15 is 0 Å². The minimum atomic E-state index is -4.93. The number of H-pyrrole nitrogens is 1. The quantitative estimate of drug-likeness (QED) is 0.655. The van der Waals surface area contributed by atoms with E-state index in [1.54, 1.807) is 0 Å². The third-order valence-corrected chi connectivity index (χ3v) is 5.15. The molecule has 1 aromatic heterocycles. The third kappa shape index (κ3) is 3.24. The number of aliphatic hydroxyl groups excluding tert-OH is 2. The fourth-order valence-electron chi connectivity index (χ4n) is 2.89. The van der Waals surface area contributed by atoms with Crippen LogP contribution in [0.2, 0.25) is 0 Å². The lowest BCUT2D eigenvalue weighted by Gasteiger charge is -2.24. The van der Waals surface area contributed by atoms with E-state index in [1.807, 2.05) is 0 Å². The van der Waals surface area contributed by atoms with E-state index in [-0.39, 0.29) is 24.6 Å². The molecule has 3 N–H and O–H groups in total. The van der Waals surface area contributed by atoms with Gasteiger partial charge in [-0.1, -0.05) is 0 Å². The average Bonchev–Trinajstić information content (AvgIpc) is 3.14. The van der Waals surface area contributed by atoms with Crippen LogP contribution >= 0.6 is 0 Å². The first-order valence-corrected chi connectivity index (χ1v) is 9.18. The Balaban J connectivity index is 2.34. The van der Waals surface area contributed by atoms with Gasteiger partial charge in [0.1, 0.15) is 0 Å². The first-order valence-electron chi connectivity index (χ1n) is 7.29. The highest BCUT2D eigenvalue weighted by Gasteiger charge is 2.41. The molecule has 1 fully saturated rings. The van der Waals surface area contributed by atoms with Crippen LogP contribution in [0.3, 0.4) is 0 Å². The number of sulfone groups is 1. The molecule has 0 amide bonds. The molecule has 0 aliphatic carbocycles. The number of alkyl halides is 3. The summed E-state index contributed by atoms with van der Waals surface area (Å²) < 4.78 is 64.7. The lowest BCUT2D eigenvalue weighted by molar-refractivity contribution is -0.139. The molecular formula is C13H14F3N5O4S. The number of aromatic nitrogens is 4. The molecule has 26 heavy (non-hydrogen) atoms. The van der Waals surface area contributed by atoms with Crippen molar-refractivity contribution in [3.63, 3.8) is 0 Å². The molecule has 0 bridgehead atoms. The zero-order valence-electron chi connectivity index (χ0n) is 13.3. The van der Waals surface area contributed by atoms with Gasteiger partial charge in [-0.25, -0.2) is 8.42 Å². The summed E-state index contributed by atoms with van der Waals surface area (Å²) in [5, 5.41) is 32.1. The second kappa shape index (κ2) is 6.17. The van der Waals surface area contributed by atoms with E-state index in [9.17, 15) is 31.8 Å². The molecule has 2 heterocycles. The lowest BCUT2D eigenvalue weighted by atomic mass is 10.1. The van der Waals surface area contributed by atoms with Crippen molar-refractivity contribution in [1.82, 2.24) is 20.6 Å². The van der Waals surface area contributed by atoms with Crippen LogP contribution in [0.1, 0.15) is 5.56 Å². The fraction of sp³-hybridized carbons (Fsp3) is 0.462. The van der Waals surface area contributed by atoms with Gasteiger partial charge < -0.3 is 15.1 Å². The molecule has 1 aliphatic heterocycles. The van der Waals surface area contributed by atoms with E-state index in [0.29, 0.717) is 12.3 Å². The monoisotopic (exact) mass is 393 g/mol. The summed E-state index contributed by atoms with van der Waals surface area (Å²) in [7, 11) is -4.35. The highest BCUT2D eigenvalue weighted by Crippen LogP contribution is 2.43. The van der Waals surface area contributed by atoms with Crippen molar-refractivity contribution >= 4 is 15.5 Å². The predicted octanol–water partition coefficient (Wildman–Crippen LogP) is -0.169. The number of anilines is 1. The number of nitrogens with one attached hydrogen (secondary N) is 1. The number of hydrogen-bond acceptors (Lipinski definition) is 8. The van der Waals surface area contributed by atoms with Crippen molar-refractivity contribution in [2.75, 3.05) is 24.2 Å². The lowest BCUT2D eigenvalue weighted by Crippen LogP contribution is -2.24. The number of rotatable bonds is 3. The number of nitrogens with zero attached hydrogens (tertiary/aromatic N) is 4. The molecule has 3 rings (SSSR count). The van der Waals surface area contributed by atoms with Crippen molar-refractivity contribution in [2.24, 2.45) is 0 Å². The predicted molar refractivity (Wildman–Crippen MR) is 82.0 cm³/mol. The van der Waals surface area contributed by atoms with Gasteiger partial charge >= 0.3 is 6.18 Å². The summed E-state index contributed by atoms with van der Waals surface area (Å²) in [5.74, 6) is -0.345. The van der Waals surface area contributed by atoms with Gasteiger partial charge in [-0.2, -0.15) is 18.4 Å². The highest BCUT2D eigenvalue weighted by atomic mass is 32.2. The Kier molecular flexibility index (Phi) is 4.40. The Hall–Kier alpha value is -2.25. The van der Waals surface area contributed by atoms with Crippen molar-refractivity contribution < 1.29 is 31.8 Å². The standard InChI is InChI=1S/C13H14F3N5O4S/c1-26(24,25)11-6(13(14,15)16)2-3-7(10(11)12-17-19-20-18-12)21-4-8(22)9(23)5-21/h2-3,8-9,22-23H,4-5H2,1H3,(H,17,18,19,20)/t8-,9-/m1/s1. The summed E-state index contributed by atoms with van der Waals surface area (Å²) in [6.45, 7) is -0.193. The van der Waals surface area contributed by atoms with Crippen molar-refractivity contribution in [2.45, 2.75) is 23.3 Å². The fourth-order valence-corrected chi connectivity index (χ4v) is 4.04. The van der Waals surface area contributed by atoms with Crippen molar-refractivity contribution in [3.8, 4) is 11.4 Å². The molecule has 1 aromatic carbocycles. The highest BCUT2D eigenvalue weighted by molar-refractivity contribution is 7.91. The minimum absolute atomic E-state index is 0.0374. The zero-order chi connectivity index (χ0) is 19.3. The molecule has 0 radical (unpaired) electrons. The molecule has 0 saturated carbocycles. The van der Waals surface area contributed by atoms with Gasteiger partial charge in [0.25, 0.3) is 0 Å². The maximum Gasteiger partial charge on any atom is 0.417 e. The number of benzene rings is 1. The summed E-state index contributed by atoms with van der Waals surface area (Å²) in [4.78, 5) is 0.385. The maximum atomic E-state index is 13.4. The van der Waals surface area contributed by atoms with Crippen molar-refractivity contribution in [1.29, 1.82) is 0 Å². The van der Waals surface area contributed by atoms with Crippen LogP contribution in [-0.4, -0.2) is 70.8 Å². The Morgan fingerprint density at radius 2 is 1.85 bits per heavy atom. The molecule has 9 nitrogen and oxygen atoms in total. The molecule has 2 aromatic rings. The number of halogens is 3. The van der Waals surface area contributed by atoms with E-state index < -0.39 is 44.2 Å². The SMILES string of the molecule is CS(=O)(=O)c1c(C(F)(F)F)ccc(N2C[C@@H](O)[C@H](O)C2)c1-c1nn[nH]n1. The van der Waals surface area contributed by atoms with E-state index in [2.05, 4.69) is 20.6 Å². The largest absolute Gasteiger partial charge is 0.417 e. The number of aliphatic hydroxyl groups is 2. The number of β-amino-alcohol motifs (C(OH)–C–C–N with tert-alkyl or cyclic N) is 2. The van der Waals surface area contributed by atoms with Crippen LogP contribution in [0.25, 0.3) is 11.4 Å². The van der Waals surface area contributed by atoms with Gasteiger partial charge in [-0.3, -0.25) is 0 Å². The molecule has 142 valence electrons. The van der Waals surface area contributed by atoms with Crippen LogP contribution < -0.4 is 4.90 Å². The number of aromatic amines is 1. The maximum absolute atomic E-state index is 13.4. The Morgan fingerprint density at radius 1 is 1.23 bits per heavy atom. The van der Waals surface area contributed by atoms with E-state index in [1.165, 1.54) is 4.90 Å². The van der Waals surface area contributed by atoms with Crippen LogP contribution in [0.15, 0.2) is 17.0 Å². The third-order valence-electron chi connectivity index (χ3n) is 3.98. The number of tetrazole rings is 1. The van der Waals surface area contributed by atoms with Gasteiger partial charge in [0.15, 0.2) is 9.84 Å². The van der Waals surface area contributed by atoms with Gasteiger partial charge in [-0.05, 0) is 17.3 Å². The second-order valence-corrected chi connectivity index (χ2v) is 7.83. The van der Waals surface area contributed by atoms with Crippen LogP contribution in [-0.2, 0) is 16.0 Å². The molecule has 2 atom stereocenters.